The molecule has 1 aliphatic rings. The Morgan fingerprint density at radius 2 is 2.00 bits per heavy atom. The maximum atomic E-state index is 12.8. The van der Waals surface area contributed by atoms with Crippen molar-refractivity contribution in [3.8, 4) is 0 Å². The first-order valence-corrected chi connectivity index (χ1v) is 9.86. The molecule has 2 aromatic heterocycles. The maximum absolute atomic E-state index is 12.8. The van der Waals surface area contributed by atoms with Gasteiger partial charge in [-0.05, 0) is 30.9 Å². The second kappa shape index (κ2) is 7.62. The summed E-state index contributed by atoms with van der Waals surface area (Å²) in [5.41, 5.74) is 0.274. The highest BCUT2D eigenvalue weighted by Crippen LogP contribution is 2.23. The molecule has 1 aliphatic heterocycles. The van der Waals surface area contributed by atoms with Crippen LogP contribution >= 0.6 is 0 Å². The number of carbonyl (C=O) groups excluding carboxylic acids is 1. The van der Waals surface area contributed by atoms with E-state index in [1.165, 1.54) is 6.07 Å². The fourth-order valence-electron chi connectivity index (χ4n) is 3.94. The molecule has 1 amide bonds. The van der Waals surface area contributed by atoms with Crippen LogP contribution in [0.1, 0.15) is 49.0 Å². The standard InChI is InChI=1S/C22H25N3O3/c1-15(2)21-23-9-12-25(21)14-16-7-10-24(11-8-16)22(27)20-13-18(26)17-5-3-4-6-19(17)28-20/h3-6,9,12-13,15-16H,7-8,10-11,14H2,1-2H3. The first-order valence-electron chi connectivity index (χ1n) is 9.86. The zero-order valence-corrected chi connectivity index (χ0v) is 16.3. The average Bonchev–Trinajstić information content (AvgIpc) is 3.16. The number of aromatic nitrogens is 2. The van der Waals surface area contributed by atoms with Crippen LogP contribution in [0.4, 0.5) is 0 Å². The van der Waals surface area contributed by atoms with Crippen molar-refractivity contribution < 1.29 is 9.21 Å². The van der Waals surface area contributed by atoms with Gasteiger partial charge in [0.15, 0.2) is 11.2 Å². The van der Waals surface area contributed by atoms with Crippen LogP contribution in [-0.2, 0) is 6.54 Å². The molecule has 146 valence electrons. The lowest BCUT2D eigenvalue weighted by Gasteiger charge is -2.32. The van der Waals surface area contributed by atoms with Gasteiger partial charge in [-0.2, -0.15) is 0 Å². The van der Waals surface area contributed by atoms with Gasteiger partial charge >= 0.3 is 0 Å². The first-order chi connectivity index (χ1) is 13.5. The van der Waals surface area contributed by atoms with Crippen molar-refractivity contribution in [2.24, 2.45) is 5.92 Å². The second-order valence-electron chi connectivity index (χ2n) is 7.80. The predicted octanol–water partition coefficient (Wildman–Crippen LogP) is 3.67. The molecule has 1 saturated heterocycles. The highest BCUT2D eigenvalue weighted by molar-refractivity contribution is 5.93. The molecule has 0 unspecified atom stereocenters. The third kappa shape index (κ3) is 3.59. The van der Waals surface area contributed by atoms with Crippen LogP contribution in [0.15, 0.2) is 51.9 Å². The number of likely N-dealkylation sites (tertiary alicyclic amines) is 1. The molecular weight excluding hydrogens is 354 g/mol. The van der Waals surface area contributed by atoms with Crippen molar-refractivity contribution in [3.63, 3.8) is 0 Å². The summed E-state index contributed by atoms with van der Waals surface area (Å²) < 4.78 is 7.94. The smallest absolute Gasteiger partial charge is 0.289 e. The van der Waals surface area contributed by atoms with Gasteiger partial charge in [0, 0.05) is 44.0 Å². The summed E-state index contributed by atoms with van der Waals surface area (Å²) in [7, 11) is 0. The monoisotopic (exact) mass is 379 g/mol. The number of imidazole rings is 1. The molecule has 4 rings (SSSR count). The Morgan fingerprint density at radius 3 is 2.75 bits per heavy atom. The minimum Gasteiger partial charge on any atom is -0.451 e. The highest BCUT2D eigenvalue weighted by atomic mass is 16.3. The Hall–Kier alpha value is -2.89. The van der Waals surface area contributed by atoms with Gasteiger partial charge in [0.05, 0.1) is 5.39 Å². The van der Waals surface area contributed by atoms with E-state index in [0.717, 1.165) is 25.2 Å². The van der Waals surface area contributed by atoms with Gasteiger partial charge in [0.25, 0.3) is 5.91 Å². The minimum atomic E-state index is -0.202. The lowest BCUT2D eigenvalue weighted by atomic mass is 9.96. The highest BCUT2D eigenvalue weighted by Gasteiger charge is 2.26. The normalized spacial score (nSPS) is 15.5. The van der Waals surface area contributed by atoms with E-state index in [4.69, 9.17) is 4.42 Å². The molecule has 1 aromatic carbocycles. The molecular formula is C22H25N3O3. The number of benzene rings is 1. The number of piperidine rings is 1. The van der Waals surface area contributed by atoms with E-state index < -0.39 is 0 Å². The summed E-state index contributed by atoms with van der Waals surface area (Å²) in [5, 5.41) is 0.499. The number of nitrogens with zero attached hydrogens (tertiary/aromatic N) is 3. The van der Waals surface area contributed by atoms with E-state index in [9.17, 15) is 9.59 Å². The Bertz CT molecular complexity index is 1040. The molecule has 3 heterocycles. The molecule has 0 aliphatic carbocycles. The van der Waals surface area contributed by atoms with Gasteiger partial charge in [-0.1, -0.05) is 26.0 Å². The van der Waals surface area contributed by atoms with Gasteiger partial charge in [0.1, 0.15) is 11.4 Å². The summed E-state index contributed by atoms with van der Waals surface area (Å²) in [5.74, 6) is 1.94. The summed E-state index contributed by atoms with van der Waals surface area (Å²) in [6.07, 6.45) is 5.75. The Labute approximate surface area is 163 Å². The van der Waals surface area contributed by atoms with Gasteiger partial charge in [-0.15, -0.1) is 0 Å². The molecule has 0 saturated carbocycles. The van der Waals surface area contributed by atoms with Crippen LogP contribution in [0.5, 0.6) is 0 Å². The number of rotatable bonds is 4. The molecule has 0 atom stereocenters. The van der Waals surface area contributed by atoms with E-state index in [0.29, 0.717) is 35.9 Å². The second-order valence-corrected chi connectivity index (χ2v) is 7.80. The maximum Gasteiger partial charge on any atom is 0.289 e. The average molecular weight is 379 g/mol. The Balaban J connectivity index is 1.43. The molecule has 0 N–H and O–H groups in total. The Kier molecular flexibility index (Phi) is 5.03. The molecule has 6 nitrogen and oxygen atoms in total. The van der Waals surface area contributed by atoms with Gasteiger partial charge in [-0.3, -0.25) is 9.59 Å². The summed E-state index contributed by atoms with van der Waals surface area (Å²) in [4.78, 5) is 31.4. The van der Waals surface area contributed by atoms with Crippen molar-refractivity contribution in [2.75, 3.05) is 13.1 Å². The summed E-state index contributed by atoms with van der Waals surface area (Å²) in [6.45, 7) is 6.58. The van der Waals surface area contributed by atoms with Gasteiger partial charge in [-0.25, -0.2) is 4.98 Å². The van der Waals surface area contributed by atoms with Crippen LogP contribution in [0, 0.1) is 5.92 Å². The van der Waals surface area contributed by atoms with E-state index in [1.807, 2.05) is 12.4 Å². The van der Waals surface area contributed by atoms with Crippen LogP contribution in [0.3, 0.4) is 0 Å². The SMILES string of the molecule is CC(C)c1nccn1CC1CCN(C(=O)c2cc(=O)c3ccccc3o2)CC1. The molecule has 0 radical (unpaired) electrons. The fraction of sp³-hybridized carbons (Fsp3) is 0.409. The van der Waals surface area contributed by atoms with Crippen molar-refractivity contribution in [1.29, 1.82) is 0 Å². The number of carbonyl (C=O) groups is 1. The Morgan fingerprint density at radius 1 is 1.25 bits per heavy atom. The molecule has 3 aromatic rings. The number of fused-ring (bicyclic) bond motifs is 1. The third-order valence-electron chi connectivity index (χ3n) is 5.47. The van der Waals surface area contributed by atoms with Gasteiger partial charge < -0.3 is 13.9 Å². The van der Waals surface area contributed by atoms with E-state index in [-0.39, 0.29) is 17.1 Å². The van der Waals surface area contributed by atoms with Crippen molar-refractivity contribution >= 4 is 16.9 Å². The quantitative estimate of drug-likeness (QED) is 0.694. The van der Waals surface area contributed by atoms with Crippen molar-refractivity contribution in [1.82, 2.24) is 14.5 Å². The first kappa shape index (κ1) is 18.5. The van der Waals surface area contributed by atoms with E-state index in [2.05, 4.69) is 23.4 Å². The lowest BCUT2D eigenvalue weighted by Crippen LogP contribution is -2.39. The van der Waals surface area contributed by atoms with Crippen LogP contribution < -0.4 is 5.43 Å². The van der Waals surface area contributed by atoms with E-state index in [1.54, 1.807) is 29.2 Å². The third-order valence-corrected chi connectivity index (χ3v) is 5.47. The van der Waals surface area contributed by atoms with Crippen LogP contribution in [0.25, 0.3) is 11.0 Å². The zero-order valence-electron chi connectivity index (χ0n) is 16.3. The number of hydrogen-bond donors (Lipinski definition) is 0. The number of amides is 1. The molecule has 1 fully saturated rings. The molecule has 6 heteroatoms. The molecule has 28 heavy (non-hydrogen) atoms. The van der Waals surface area contributed by atoms with Gasteiger partial charge in [0.2, 0.25) is 0 Å². The van der Waals surface area contributed by atoms with Crippen molar-refractivity contribution in [2.45, 2.75) is 39.2 Å². The topological polar surface area (TPSA) is 68.3 Å². The predicted molar refractivity (Wildman–Crippen MR) is 107 cm³/mol. The van der Waals surface area contributed by atoms with Crippen LogP contribution in [0.2, 0.25) is 0 Å². The zero-order chi connectivity index (χ0) is 19.7. The lowest BCUT2D eigenvalue weighted by molar-refractivity contribution is 0.0651. The van der Waals surface area contributed by atoms with Crippen LogP contribution in [-0.4, -0.2) is 33.4 Å². The van der Waals surface area contributed by atoms with E-state index >= 15 is 0 Å². The largest absolute Gasteiger partial charge is 0.451 e. The molecule has 0 spiro atoms. The molecule has 0 bridgehead atoms. The fourth-order valence-corrected chi connectivity index (χ4v) is 3.94. The summed E-state index contributed by atoms with van der Waals surface area (Å²) >= 11 is 0. The number of hydrogen-bond acceptors (Lipinski definition) is 4. The minimum absolute atomic E-state index is 0.124. The van der Waals surface area contributed by atoms with Crippen molar-refractivity contribution in [3.05, 3.63) is 64.5 Å². The number of para-hydroxylation sites is 1. The summed E-state index contributed by atoms with van der Waals surface area (Å²) in [6, 6.07) is 8.33.